The van der Waals surface area contributed by atoms with E-state index in [-0.39, 0.29) is 18.0 Å². The molecule has 0 aliphatic carbocycles. The molecular weight excluding hydrogens is 318 g/mol. The number of hydrogen-bond donors (Lipinski definition) is 1. The van der Waals surface area contributed by atoms with E-state index in [0.29, 0.717) is 11.5 Å². The van der Waals surface area contributed by atoms with Gasteiger partial charge in [-0.3, -0.25) is 9.59 Å². The van der Waals surface area contributed by atoms with E-state index in [9.17, 15) is 9.59 Å². The van der Waals surface area contributed by atoms with Gasteiger partial charge in [0, 0.05) is 11.8 Å². The van der Waals surface area contributed by atoms with Crippen molar-refractivity contribution < 1.29 is 9.21 Å². The Bertz CT molecular complexity index is 943. The molecule has 0 aliphatic rings. The lowest BCUT2D eigenvalue weighted by molar-refractivity contribution is -0.117. The maximum Gasteiger partial charge on any atom is 0.267 e. The standard InChI is InChI=1S/C19H19N3O3/c1-3-14-7-4-6-13(2)19(14)20-17(23)12-22-18(24)10-9-15(21-22)16-8-5-11-25-16/h4-11H,3,12H2,1-2H3,(H,20,23). The van der Waals surface area contributed by atoms with Gasteiger partial charge in [0.25, 0.3) is 5.56 Å². The molecule has 0 unspecified atom stereocenters. The summed E-state index contributed by atoms with van der Waals surface area (Å²) in [5, 5.41) is 7.11. The summed E-state index contributed by atoms with van der Waals surface area (Å²) in [5.41, 5.74) is 2.99. The fourth-order valence-electron chi connectivity index (χ4n) is 2.63. The minimum absolute atomic E-state index is 0.162. The minimum atomic E-state index is -0.342. The molecule has 1 amide bonds. The smallest absolute Gasteiger partial charge is 0.267 e. The van der Waals surface area contributed by atoms with Crippen LogP contribution in [0.15, 0.2) is 57.9 Å². The van der Waals surface area contributed by atoms with Gasteiger partial charge in [-0.15, -0.1) is 0 Å². The van der Waals surface area contributed by atoms with Crippen molar-refractivity contribution in [2.24, 2.45) is 0 Å². The van der Waals surface area contributed by atoms with Crippen LogP contribution in [0.2, 0.25) is 0 Å². The number of anilines is 1. The molecule has 6 heteroatoms. The molecule has 6 nitrogen and oxygen atoms in total. The predicted molar refractivity (Wildman–Crippen MR) is 95.4 cm³/mol. The fraction of sp³-hybridized carbons (Fsp3) is 0.211. The highest BCUT2D eigenvalue weighted by molar-refractivity contribution is 5.92. The van der Waals surface area contributed by atoms with Crippen LogP contribution in [-0.2, 0) is 17.8 Å². The van der Waals surface area contributed by atoms with Crippen LogP contribution < -0.4 is 10.9 Å². The zero-order valence-corrected chi connectivity index (χ0v) is 14.2. The quantitative estimate of drug-likeness (QED) is 0.776. The molecule has 0 spiro atoms. The first-order valence-corrected chi connectivity index (χ1v) is 8.09. The van der Waals surface area contributed by atoms with Crippen molar-refractivity contribution in [2.45, 2.75) is 26.8 Å². The Morgan fingerprint density at radius 3 is 2.76 bits per heavy atom. The Morgan fingerprint density at radius 2 is 2.04 bits per heavy atom. The lowest BCUT2D eigenvalue weighted by atomic mass is 10.1. The zero-order chi connectivity index (χ0) is 17.8. The number of rotatable bonds is 5. The van der Waals surface area contributed by atoms with Gasteiger partial charge in [-0.2, -0.15) is 5.10 Å². The van der Waals surface area contributed by atoms with Crippen molar-refractivity contribution >= 4 is 11.6 Å². The number of para-hydroxylation sites is 1. The summed E-state index contributed by atoms with van der Waals surface area (Å²) in [4.78, 5) is 24.4. The highest BCUT2D eigenvalue weighted by Gasteiger charge is 2.12. The van der Waals surface area contributed by atoms with Gasteiger partial charge in [0.05, 0.1) is 6.26 Å². The van der Waals surface area contributed by atoms with E-state index in [1.165, 1.54) is 12.3 Å². The van der Waals surface area contributed by atoms with E-state index < -0.39 is 0 Å². The van der Waals surface area contributed by atoms with E-state index in [1.807, 2.05) is 32.0 Å². The monoisotopic (exact) mass is 337 g/mol. The first-order valence-electron chi connectivity index (χ1n) is 8.09. The molecule has 1 N–H and O–H groups in total. The summed E-state index contributed by atoms with van der Waals surface area (Å²) >= 11 is 0. The molecule has 2 heterocycles. The van der Waals surface area contributed by atoms with Gasteiger partial charge in [-0.05, 0) is 42.7 Å². The summed E-state index contributed by atoms with van der Waals surface area (Å²) in [6.45, 7) is 3.81. The second kappa shape index (κ2) is 7.17. The Balaban J connectivity index is 1.82. The van der Waals surface area contributed by atoms with E-state index in [2.05, 4.69) is 10.4 Å². The van der Waals surface area contributed by atoms with E-state index in [1.54, 1.807) is 18.2 Å². The lowest BCUT2D eigenvalue weighted by Crippen LogP contribution is -2.29. The van der Waals surface area contributed by atoms with Gasteiger partial charge >= 0.3 is 0 Å². The van der Waals surface area contributed by atoms with Crippen molar-refractivity contribution in [3.8, 4) is 11.5 Å². The number of nitrogens with zero attached hydrogens (tertiary/aromatic N) is 2. The number of hydrogen-bond acceptors (Lipinski definition) is 4. The topological polar surface area (TPSA) is 77.1 Å². The van der Waals surface area contributed by atoms with Gasteiger partial charge in [-0.25, -0.2) is 4.68 Å². The number of nitrogens with one attached hydrogen (secondary N) is 1. The predicted octanol–water partition coefficient (Wildman–Crippen LogP) is 3.01. The van der Waals surface area contributed by atoms with Crippen LogP contribution in [0.3, 0.4) is 0 Å². The molecule has 0 fully saturated rings. The van der Waals surface area contributed by atoms with Crippen LogP contribution in [0.5, 0.6) is 0 Å². The number of furan rings is 1. The maximum absolute atomic E-state index is 12.4. The highest BCUT2D eigenvalue weighted by atomic mass is 16.3. The van der Waals surface area contributed by atoms with Crippen LogP contribution in [0, 0.1) is 6.92 Å². The molecule has 0 aliphatic heterocycles. The zero-order valence-electron chi connectivity index (χ0n) is 14.2. The molecule has 0 bridgehead atoms. The average molecular weight is 337 g/mol. The van der Waals surface area contributed by atoms with Crippen LogP contribution in [0.4, 0.5) is 5.69 Å². The molecule has 3 aromatic rings. The third kappa shape index (κ3) is 3.68. The van der Waals surface area contributed by atoms with Gasteiger partial charge in [0.15, 0.2) is 5.76 Å². The summed E-state index contributed by atoms with van der Waals surface area (Å²) in [6, 6.07) is 12.3. The summed E-state index contributed by atoms with van der Waals surface area (Å²) < 4.78 is 6.42. The molecule has 2 aromatic heterocycles. The fourth-order valence-corrected chi connectivity index (χ4v) is 2.63. The van der Waals surface area contributed by atoms with Crippen molar-refractivity contribution in [1.29, 1.82) is 0 Å². The maximum atomic E-state index is 12.4. The second-order valence-electron chi connectivity index (χ2n) is 5.70. The number of benzene rings is 1. The Hall–Kier alpha value is -3.15. The largest absolute Gasteiger partial charge is 0.463 e. The molecule has 0 radical (unpaired) electrons. The van der Waals surface area contributed by atoms with Gasteiger partial charge in [0.2, 0.25) is 5.91 Å². The molecular formula is C19H19N3O3. The molecule has 25 heavy (non-hydrogen) atoms. The first-order chi connectivity index (χ1) is 12.1. The third-order valence-corrected chi connectivity index (χ3v) is 3.94. The Kier molecular flexibility index (Phi) is 4.79. The number of carbonyl (C=O) groups is 1. The van der Waals surface area contributed by atoms with E-state index >= 15 is 0 Å². The van der Waals surface area contributed by atoms with Crippen molar-refractivity contribution in [2.75, 3.05) is 5.32 Å². The minimum Gasteiger partial charge on any atom is -0.463 e. The van der Waals surface area contributed by atoms with Crippen LogP contribution in [0.25, 0.3) is 11.5 Å². The molecule has 0 atom stereocenters. The summed E-state index contributed by atoms with van der Waals surface area (Å²) in [7, 11) is 0. The summed E-state index contributed by atoms with van der Waals surface area (Å²) in [5.74, 6) is 0.247. The Labute approximate surface area is 145 Å². The van der Waals surface area contributed by atoms with Crippen molar-refractivity contribution in [1.82, 2.24) is 9.78 Å². The van der Waals surface area contributed by atoms with Crippen molar-refractivity contribution in [3.05, 3.63) is 70.2 Å². The highest BCUT2D eigenvalue weighted by Crippen LogP contribution is 2.21. The van der Waals surface area contributed by atoms with Gasteiger partial charge in [0.1, 0.15) is 12.2 Å². The van der Waals surface area contributed by atoms with Crippen molar-refractivity contribution in [3.63, 3.8) is 0 Å². The van der Waals surface area contributed by atoms with Gasteiger partial charge in [-0.1, -0.05) is 25.1 Å². The Morgan fingerprint density at radius 1 is 1.20 bits per heavy atom. The average Bonchev–Trinajstić information content (AvgIpc) is 3.13. The van der Waals surface area contributed by atoms with Crippen LogP contribution in [0.1, 0.15) is 18.1 Å². The molecule has 128 valence electrons. The first kappa shape index (κ1) is 16.7. The second-order valence-corrected chi connectivity index (χ2v) is 5.70. The number of aromatic nitrogens is 2. The number of amides is 1. The summed E-state index contributed by atoms with van der Waals surface area (Å²) in [6.07, 6.45) is 2.34. The molecule has 0 saturated heterocycles. The number of aryl methyl sites for hydroxylation is 2. The van der Waals surface area contributed by atoms with E-state index in [0.717, 1.165) is 27.9 Å². The van der Waals surface area contributed by atoms with Gasteiger partial charge < -0.3 is 9.73 Å². The van der Waals surface area contributed by atoms with Crippen LogP contribution >= 0.6 is 0 Å². The van der Waals surface area contributed by atoms with E-state index in [4.69, 9.17) is 4.42 Å². The molecule has 3 rings (SSSR count). The third-order valence-electron chi connectivity index (χ3n) is 3.94. The number of carbonyl (C=O) groups excluding carboxylic acids is 1. The van der Waals surface area contributed by atoms with Crippen LogP contribution in [-0.4, -0.2) is 15.7 Å². The SMILES string of the molecule is CCc1cccc(C)c1NC(=O)Cn1nc(-c2ccco2)ccc1=O. The normalized spacial score (nSPS) is 10.6. The molecule has 0 saturated carbocycles. The lowest BCUT2D eigenvalue weighted by Gasteiger charge is -2.13. The molecule has 1 aromatic carbocycles.